The zero-order valence-electron chi connectivity index (χ0n) is 18.8. The highest BCUT2D eigenvalue weighted by Gasteiger charge is 2.46. The van der Waals surface area contributed by atoms with Crippen LogP contribution < -0.4 is 15.4 Å². The zero-order chi connectivity index (χ0) is 28.5. The van der Waals surface area contributed by atoms with Gasteiger partial charge in [0.25, 0.3) is 12.3 Å². The van der Waals surface area contributed by atoms with Gasteiger partial charge in [-0.15, -0.1) is 13.2 Å². The molecule has 1 aliphatic carbocycles. The van der Waals surface area contributed by atoms with Crippen LogP contribution in [0.3, 0.4) is 0 Å². The minimum absolute atomic E-state index is 0.0869. The van der Waals surface area contributed by atoms with Gasteiger partial charge in [-0.1, -0.05) is 17.7 Å². The molecule has 2 N–H and O–H groups in total. The van der Waals surface area contributed by atoms with Gasteiger partial charge >= 0.3 is 12.5 Å². The fourth-order valence-electron chi connectivity index (χ4n) is 3.28. The normalized spacial score (nSPS) is 15.5. The predicted octanol–water partition coefficient (Wildman–Crippen LogP) is 4.23. The summed E-state index contributed by atoms with van der Waals surface area (Å²) in [6.07, 6.45) is -13.2. The van der Waals surface area contributed by atoms with Crippen molar-refractivity contribution < 1.29 is 49.4 Å². The van der Waals surface area contributed by atoms with E-state index in [1.54, 1.807) is 0 Å². The third-order valence-electron chi connectivity index (χ3n) is 5.22. The second-order valence-corrected chi connectivity index (χ2v) is 8.62. The summed E-state index contributed by atoms with van der Waals surface area (Å²) in [5.41, 5.74) is -3.70. The monoisotopic (exact) mass is 573 g/mol. The van der Waals surface area contributed by atoms with Crippen LogP contribution in [0.5, 0.6) is 5.75 Å². The molecule has 1 heterocycles. The maximum atomic E-state index is 13.1. The number of alkyl halides is 8. The molecule has 0 spiro atoms. The number of aromatic nitrogens is 2. The summed E-state index contributed by atoms with van der Waals surface area (Å²) in [5.74, 6) is -3.09. The Morgan fingerprint density at radius 2 is 1.84 bits per heavy atom. The highest BCUT2D eigenvalue weighted by molar-refractivity contribution is 6.32. The molecule has 1 aromatic carbocycles. The molecule has 17 heteroatoms. The lowest BCUT2D eigenvalue weighted by molar-refractivity contribution is -0.274. The molecule has 0 radical (unpaired) electrons. The maximum Gasteiger partial charge on any atom is 0.573 e. The van der Waals surface area contributed by atoms with E-state index in [1.165, 1.54) is 0 Å². The average Bonchev–Trinajstić information content (AvgIpc) is 3.42. The summed E-state index contributed by atoms with van der Waals surface area (Å²) in [7, 11) is 0. The summed E-state index contributed by atoms with van der Waals surface area (Å²) < 4.78 is 106. The van der Waals surface area contributed by atoms with E-state index in [0.29, 0.717) is 0 Å². The molecule has 206 valence electrons. The second kappa shape index (κ2) is 10.6. The number of nitriles is 1. The molecule has 8 nitrogen and oxygen atoms in total. The molecule has 0 saturated heterocycles. The van der Waals surface area contributed by atoms with Crippen molar-refractivity contribution in [3.05, 3.63) is 46.2 Å². The summed E-state index contributed by atoms with van der Waals surface area (Å²) >= 11 is 5.81. The average molecular weight is 574 g/mol. The number of hydrogen-bond acceptors (Lipinski definition) is 5. The molecular formula is C21H16ClF8N5O3. The summed E-state index contributed by atoms with van der Waals surface area (Å²) in [4.78, 5) is 25.7. The number of amides is 2. The van der Waals surface area contributed by atoms with E-state index in [9.17, 15) is 50.0 Å². The van der Waals surface area contributed by atoms with Crippen molar-refractivity contribution >= 4 is 23.4 Å². The van der Waals surface area contributed by atoms with Gasteiger partial charge < -0.3 is 15.4 Å². The van der Waals surface area contributed by atoms with Gasteiger partial charge in [-0.2, -0.15) is 23.5 Å². The first-order valence-corrected chi connectivity index (χ1v) is 10.9. The molecule has 3 rings (SSSR count). The van der Waals surface area contributed by atoms with Gasteiger partial charge in [0, 0.05) is 12.5 Å². The molecule has 1 aliphatic rings. The Balaban J connectivity index is 1.89. The van der Waals surface area contributed by atoms with Crippen LogP contribution in [0, 0.1) is 11.3 Å². The first-order valence-electron chi connectivity index (χ1n) is 10.5. The van der Waals surface area contributed by atoms with E-state index in [2.05, 4.69) is 20.5 Å². The van der Waals surface area contributed by atoms with Crippen LogP contribution in [0.4, 0.5) is 35.1 Å². The molecule has 0 aliphatic heterocycles. The van der Waals surface area contributed by atoms with Crippen LogP contribution in [0.15, 0.2) is 24.3 Å². The molecule has 0 bridgehead atoms. The van der Waals surface area contributed by atoms with Crippen LogP contribution in [-0.4, -0.2) is 46.0 Å². The minimum Gasteiger partial charge on any atom is -0.404 e. The van der Waals surface area contributed by atoms with Crippen molar-refractivity contribution in [3.63, 3.8) is 0 Å². The quantitative estimate of drug-likeness (QED) is 0.437. The van der Waals surface area contributed by atoms with Gasteiger partial charge in [-0.3, -0.25) is 14.3 Å². The van der Waals surface area contributed by atoms with Gasteiger partial charge in [-0.05, 0) is 30.5 Å². The van der Waals surface area contributed by atoms with Gasteiger partial charge in [-0.25, -0.2) is 8.78 Å². The van der Waals surface area contributed by atoms with Gasteiger partial charge in [0.15, 0.2) is 5.69 Å². The van der Waals surface area contributed by atoms with E-state index >= 15 is 0 Å². The molecule has 38 heavy (non-hydrogen) atoms. The number of nitrogens with zero attached hydrogens (tertiary/aromatic N) is 3. The molecule has 1 fully saturated rings. The van der Waals surface area contributed by atoms with Crippen LogP contribution in [0.1, 0.15) is 34.6 Å². The Morgan fingerprint density at radius 1 is 1.18 bits per heavy atom. The fraction of sp³-hybridized carbons (Fsp3) is 0.429. The Kier molecular flexibility index (Phi) is 8.10. The first kappa shape index (κ1) is 29.0. The van der Waals surface area contributed by atoms with Crippen molar-refractivity contribution in [2.75, 3.05) is 0 Å². The van der Waals surface area contributed by atoms with E-state index < -0.39 is 77.5 Å². The highest BCUT2D eigenvalue weighted by atomic mass is 35.5. The number of halogens is 9. The lowest BCUT2D eigenvalue weighted by Crippen LogP contribution is -2.51. The SMILES string of the molecule is N#CC1(NC(=O)[C@H](Cc2ccc(OC(F)(F)F)c(Cl)c2)NC(=O)c2cc(C(F)(F)F)nn2CC(F)F)CC1. The standard InChI is InChI=1S/C21H16ClF8N5O3/c22-11-5-10(1-2-14(11)38-21(28,29)30)6-12(17(36)33-19(9-31)3-4-19)32-18(37)13-7-15(20(25,26)27)34-35(13)8-16(23)24/h1-2,5,7,12,16H,3-4,6,8H2,(H,32,37)(H,33,36)/t12-/m0/s1. The van der Waals surface area contributed by atoms with Gasteiger partial charge in [0.2, 0.25) is 5.91 Å². The van der Waals surface area contributed by atoms with Crippen LogP contribution in [-0.2, 0) is 23.9 Å². The summed E-state index contributed by atoms with van der Waals surface area (Å²) in [6, 6.07) is 3.40. The molecule has 2 amide bonds. The first-order chi connectivity index (χ1) is 17.5. The van der Waals surface area contributed by atoms with E-state index in [1.807, 2.05) is 6.07 Å². The Labute approximate surface area is 213 Å². The van der Waals surface area contributed by atoms with Gasteiger partial charge in [0.05, 0.1) is 11.1 Å². The Hall–Kier alpha value is -3.61. The molecule has 1 saturated carbocycles. The largest absolute Gasteiger partial charge is 0.573 e. The lowest BCUT2D eigenvalue weighted by Gasteiger charge is -2.21. The third kappa shape index (κ3) is 7.46. The van der Waals surface area contributed by atoms with Crippen molar-refractivity contribution in [2.24, 2.45) is 0 Å². The van der Waals surface area contributed by atoms with Crippen molar-refractivity contribution in [3.8, 4) is 11.8 Å². The van der Waals surface area contributed by atoms with E-state index in [-0.39, 0.29) is 29.2 Å². The number of carbonyl (C=O) groups excluding carboxylic acids is 2. The van der Waals surface area contributed by atoms with Crippen LogP contribution >= 0.6 is 11.6 Å². The molecule has 1 aromatic heterocycles. The summed E-state index contributed by atoms with van der Waals surface area (Å²) in [6.45, 7) is -1.36. The molecule has 1 atom stereocenters. The Bertz CT molecular complexity index is 1250. The number of hydrogen-bond donors (Lipinski definition) is 2. The van der Waals surface area contributed by atoms with Crippen molar-refractivity contribution in [1.29, 1.82) is 5.26 Å². The summed E-state index contributed by atoms with van der Waals surface area (Å²) in [5, 5.41) is 16.2. The van der Waals surface area contributed by atoms with Crippen molar-refractivity contribution in [2.45, 2.75) is 56.4 Å². The second-order valence-electron chi connectivity index (χ2n) is 8.21. The highest BCUT2D eigenvalue weighted by Crippen LogP contribution is 2.35. The Morgan fingerprint density at radius 3 is 2.34 bits per heavy atom. The molecule has 0 unspecified atom stereocenters. The smallest absolute Gasteiger partial charge is 0.404 e. The van der Waals surface area contributed by atoms with E-state index in [4.69, 9.17) is 11.6 Å². The molecule has 2 aromatic rings. The van der Waals surface area contributed by atoms with Crippen LogP contribution in [0.2, 0.25) is 5.02 Å². The topological polar surface area (TPSA) is 109 Å². The predicted molar refractivity (Wildman–Crippen MR) is 112 cm³/mol. The lowest BCUT2D eigenvalue weighted by atomic mass is 10.0. The fourth-order valence-corrected chi connectivity index (χ4v) is 3.52. The number of carbonyl (C=O) groups is 2. The van der Waals surface area contributed by atoms with Gasteiger partial charge in [0.1, 0.15) is 29.6 Å². The number of rotatable bonds is 9. The molecular weight excluding hydrogens is 558 g/mol. The minimum atomic E-state index is -5.07. The number of benzene rings is 1. The number of nitrogens with one attached hydrogen (secondary N) is 2. The number of ether oxygens (including phenoxy) is 1. The zero-order valence-corrected chi connectivity index (χ0v) is 19.5. The maximum absolute atomic E-state index is 13.1. The van der Waals surface area contributed by atoms with E-state index in [0.717, 1.165) is 18.2 Å². The third-order valence-corrected chi connectivity index (χ3v) is 5.52. The van der Waals surface area contributed by atoms with Crippen LogP contribution in [0.25, 0.3) is 0 Å². The van der Waals surface area contributed by atoms with Crippen molar-refractivity contribution in [1.82, 2.24) is 20.4 Å².